The first-order valence-electron chi connectivity index (χ1n) is 10.2. The van der Waals surface area contributed by atoms with Gasteiger partial charge >= 0.3 is 0 Å². The zero-order valence-corrected chi connectivity index (χ0v) is 18.3. The van der Waals surface area contributed by atoms with E-state index < -0.39 is 17.9 Å². The van der Waals surface area contributed by atoms with Crippen molar-refractivity contribution in [2.24, 2.45) is 0 Å². The lowest BCUT2D eigenvalue weighted by Gasteiger charge is -2.19. The summed E-state index contributed by atoms with van der Waals surface area (Å²) in [6.07, 6.45) is -0.785. The van der Waals surface area contributed by atoms with Gasteiger partial charge in [-0.05, 0) is 52.9 Å². The second-order valence-corrected chi connectivity index (χ2v) is 8.37. The Balaban J connectivity index is 1.44. The number of benzene rings is 3. The molecule has 3 rings (SSSR count). The minimum absolute atomic E-state index is 0.0474. The molecule has 1 atom stereocenters. The fourth-order valence-electron chi connectivity index (χ4n) is 2.97. The van der Waals surface area contributed by atoms with Gasteiger partial charge in [0.15, 0.2) is 12.7 Å². The molecule has 0 aliphatic heterocycles. The first-order chi connectivity index (χ1) is 14.7. The molecule has 3 aromatic carbocycles. The predicted molar refractivity (Wildman–Crippen MR) is 121 cm³/mol. The van der Waals surface area contributed by atoms with Crippen LogP contribution in [0.15, 0.2) is 66.7 Å². The lowest BCUT2D eigenvalue weighted by atomic mass is 9.87. The fourth-order valence-corrected chi connectivity index (χ4v) is 2.97. The van der Waals surface area contributed by atoms with Crippen LogP contribution in [0.2, 0.25) is 0 Å². The van der Waals surface area contributed by atoms with Crippen LogP contribution in [0, 0.1) is 0 Å². The fraction of sp³-hybridized carbons (Fsp3) is 0.280. The molecule has 0 bridgehead atoms. The lowest BCUT2D eigenvalue weighted by molar-refractivity contribution is -0.133. The number of hydrazine groups is 1. The third-order valence-electron chi connectivity index (χ3n) is 4.82. The van der Waals surface area contributed by atoms with E-state index in [1.165, 1.54) is 5.56 Å². The number of amides is 2. The summed E-state index contributed by atoms with van der Waals surface area (Å²) in [5.74, 6) is 0.236. The Labute approximate surface area is 182 Å². The number of hydrogen-bond donors (Lipinski definition) is 2. The van der Waals surface area contributed by atoms with Crippen molar-refractivity contribution in [1.82, 2.24) is 10.9 Å². The standard InChI is InChI=1S/C25H28N2O4/c1-17(31-22-12-9-18-7-5-6-8-19(18)15-22)24(29)27-26-23(28)16-30-21-13-10-20(11-14-21)25(2,3)4/h5-15,17H,16H2,1-4H3,(H,26,28)(H,27,29). The molecule has 0 saturated heterocycles. The Morgan fingerprint density at radius 3 is 2.19 bits per heavy atom. The second-order valence-electron chi connectivity index (χ2n) is 8.37. The molecule has 162 valence electrons. The van der Waals surface area contributed by atoms with E-state index >= 15 is 0 Å². The van der Waals surface area contributed by atoms with Crippen molar-refractivity contribution in [3.63, 3.8) is 0 Å². The molecule has 3 aromatic rings. The van der Waals surface area contributed by atoms with Gasteiger partial charge in [0, 0.05) is 0 Å². The zero-order chi connectivity index (χ0) is 22.4. The number of rotatable bonds is 6. The summed E-state index contributed by atoms with van der Waals surface area (Å²) >= 11 is 0. The second kappa shape index (κ2) is 9.51. The van der Waals surface area contributed by atoms with E-state index in [0.29, 0.717) is 11.5 Å². The number of carbonyl (C=O) groups is 2. The highest BCUT2D eigenvalue weighted by Crippen LogP contribution is 2.24. The molecule has 0 radical (unpaired) electrons. The maximum absolute atomic E-state index is 12.2. The van der Waals surface area contributed by atoms with Gasteiger partial charge in [-0.1, -0.05) is 63.2 Å². The number of hydrogen-bond acceptors (Lipinski definition) is 4. The van der Waals surface area contributed by atoms with E-state index in [1.807, 2.05) is 66.7 Å². The van der Waals surface area contributed by atoms with Crippen LogP contribution in [0.3, 0.4) is 0 Å². The molecule has 6 nitrogen and oxygen atoms in total. The van der Waals surface area contributed by atoms with Crippen LogP contribution >= 0.6 is 0 Å². The molecule has 31 heavy (non-hydrogen) atoms. The van der Waals surface area contributed by atoms with Crippen molar-refractivity contribution in [1.29, 1.82) is 0 Å². The summed E-state index contributed by atoms with van der Waals surface area (Å²) in [6, 6.07) is 21.1. The van der Waals surface area contributed by atoms with Gasteiger partial charge < -0.3 is 9.47 Å². The smallest absolute Gasteiger partial charge is 0.279 e. The third-order valence-corrected chi connectivity index (χ3v) is 4.82. The van der Waals surface area contributed by atoms with Gasteiger partial charge in [0.05, 0.1) is 0 Å². The van der Waals surface area contributed by atoms with Crippen molar-refractivity contribution in [2.45, 2.75) is 39.2 Å². The minimum atomic E-state index is -0.785. The minimum Gasteiger partial charge on any atom is -0.484 e. The largest absolute Gasteiger partial charge is 0.484 e. The summed E-state index contributed by atoms with van der Waals surface area (Å²) < 4.78 is 11.2. The number of ether oxygens (including phenoxy) is 2. The van der Waals surface area contributed by atoms with E-state index in [9.17, 15) is 9.59 Å². The summed E-state index contributed by atoms with van der Waals surface area (Å²) in [4.78, 5) is 24.2. The quantitative estimate of drug-likeness (QED) is 0.588. The zero-order valence-electron chi connectivity index (χ0n) is 18.3. The molecular weight excluding hydrogens is 392 g/mol. The van der Waals surface area contributed by atoms with E-state index in [4.69, 9.17) is 9.47 Å². The first-order valence-corrected chi connectivity index (χ1v) is 10.2. The van der Waals surface area contributed by atoms with Crippen LogP contribution in [0.5, 0.6) is 11.5 Å². The highest BCUT2D eigenvalue weighted by molar-refractivity contribution is 5.86. The monoisotopic (exact) mass is 420 g/mol. The summed E-state index contributed by atoms with van der Waals surface area (Å²) in [6.45, 7) is 7.79. The molecule has 0 fully saturated rings. The van der Waals surface area contributed by atoms with Gasteiger partial charge in [-0.3, -0.25) is 20.4 Å². The van der Waals surface area contributed by atoms with Crippen LogP contribution in [0.4, 0.5) is 0 Å². The summed E-state index contributed by atoms with van der Waals surface area (Å²) in [5, 5.41) is 2.11. The van der Waals surface area contributed by atoms with Gasteiger partial charge in [0.1, 0.15) is 11.5 Å². The molecule has 2 amide bonds. The van der Waals surface area contributed by atoms with Crippen LogP contribution < -0.4 is 20.3 Å². The Kier molecular flexibility index (Phi) is 6.80. The number of carbonyl (C=O) groups excluding carboxylic acids is 2. The Morgan fingerprint density at radius 2 is 1.52 bits per heavy atom. The van der Waals surface area contributed by atoms with Gasteiger partial charge in [0.2, 0.25) is 0 Å². The normalized spacial score (nSPS) is 12.1. The molecule has 0 aliphatic rings. The molecule has 0 aliphatic carbocycles. The number of nitrogens with one attached hydrogen (secondary N) is 2. The van der Waals surface area contributed by atoms with Crippen molar-refractivity contribution in [3.05, 3.63) is 72.3 Å². The van der Waals surface area contributed by atoms with Crippen LogP contribution in [0.1, 0.15) is 33.3 Å². The topological polar surface area (TPSA) is 76.7 Å². The lowest BCUT2D eigenvalue weighted by Crippen LogP contribution is -2.48. The van der Waals surface area contributed by atoms with Crippen molar-refractivity contribution < 1.29 is 19.1 Å². The number of fused-ring (bicyclic) bond motifs is 1. The maximum Gasteiger partial charge on any atom is 0.279 e. The van der Waals surface area contributed by atoms with Gasteiger partial charge in [-0.25, -0.2) is 0 Å². The van der Waals surface area contributed by atoms with Gasteiger partial charge in [-0.15, -0.1) is 0 Å². The molecule has 2 N–H and O–H groups in total. The molecular formula is C25H28N2O4. The average Bonchev–Trinajstić information content (AvgIpc) is 2.75. The maximum atomic E-state index is 12.2. The molecule has 0 spiro atoms. The van der Waals surface area contributed by atoms with E-state index in [-0.39, 0.29) is 12.0 Å². The van der Waals surface area contributed by atoms with Crippen molar-refractivity contribution in [2.75, 3.05) is 6.61 Å². The molecule has 1 unspecified atom stereocenters. The van der Waals surface area contributed by atoms with E-state index in [0.717, 1.165) is 10.8 Å². The predicted octanol–water partition coefficient (Wildman–Crippen LogP) is 4.13. The van der Waals surface area contributed by atoms with Gasteiger partial charge in [0.25, 0.3) is 11.8 Å². The average molecular weight is 421 g/mol. The molecule has 0 aromatic heterocycles. The Bertz CT molecular complexity index is 1060. The summed E-state index contributed by atoms with van der Waals surface area (Å²) in [5.41, 5.74) is 5.93. The Morgan fingerprint density at radius 1 is 0.871 bits per heavy atom. The first kappa shape index (κ1) is 22.2. The van der Waals surface area contributed by atoms with Crippen molar-refractivity contribution in [3.8, 4) is 11.5 Å². The molecule has 6 heteroatoms. The highest BCUT2D eigenvalue weighted by atomic mass is 16.5. The SMILES string of the molecule is CC(Oc1ccc2ccccc2c1)C(=O)NNC(=O)COc1ccc(C(C)(C)C)cc1. The van der Waals surface area contributed by atoms with E-state index in [2.05, 4.69) is 31.6 Å². The Hall–Kier alpha value is -3.54. The highest BCUT2D eigenvalue weighted by Gasteiger charge is 2.16. The third kappa shape index (κ3) is 6.22. The van der Waals surface area contributed by atoms with Crippen LogP contribution in [0.25, 0.3) is 10.8 Å². The van der Waals surface area contributed by atoms with E-state index in [1.54, 1.807) is 6.92 Å². The van der Waals surface area contributed by atoms with Crippen molar-refractivity contribution >= 4 is 22.6 Å². The van der Waals surface area contributed by atoms with Crippen LogP contribution in [-0.2, 0) is 15.0 Å². The van der Waals surface area contributed by atoms with Crippen LogP contribution in [-0.4, -0.2) is 24.5 Å². The van der Waals surface area contributed by atoms with Gasteiger partial charge in [-0.2, -0.15) is 0 Å². The molecule has 0 heterocycles. The summed E-state index contributed by atoms with van der Waals surface area (Å²) in [7, 11) is 0. The molecule has 0 saturated carbocycles.